The van der Waals surface area contributed by atoms with Crippen LogP contribution in [-0.4, -0.2) is 61.0 Å². The third-order valence-corrected chi connectivity index (χ3v) is 3.95. The molecule has 1 fully saturated rings. The molecular formula is C15H32N2O2. The van der Waals surface area contributed by atoms with Gasteiger partial charge in [0.15, 0.2) is 0 Å². The maximum absolute atomic E-state index is 9.51. The van der Waals surface area contributed by atoms with Gasteiger partial charge in [0.1, 0.15) is 0 Å². The molecule has 1 aliphatic rings. The molecule has 0 amide bonds. The number of ether oxygens (including phenoxy) is 1. The molecule has 0 aromatic carbocycles. The van der Waals surface area contributed by atoms with Crippen molar-refractivity contribution >= 4 is 0 Å². The number of rotatable bonds is 9. The van der Waals surface area contributed by atoms with Crippen LogP contribution in [0.25, 0.3) is 0 Å². The van der Waals surface area contributed by atoms with Crippen LogP contribution < -0.4 is 5.32 Å². The third kappa shape index (κ3) is 6.21. The summed E-state index contributed by atoms with van der Waals surface area (Å²) in [6, 6.07) is 0. The summed E-state index contributed by atoms with van der Waals surface area (Å²) < 4.78 is 5.86. The molecule has 114 valence electrons. The fourth-order valence-corrected chi connectivity index (χ4v) is 2.69. The Morgan fingerprint density at radius 1 is 1.42 bits per heavy atom. The van der Waals surface area contributed by atoms with E-state index in [4.69, 9.17) is 4.74 Å². The molecule has 0 bridgehead atoms. The zero-order valence-corrected chi connectivity index (χ0v) is 13.0. The fourth-order valence-electron chi connectivity index (χ4n) is 2.69. The highest BCUT2D eigenvalue weighted by molar-refractivity contribution is 4.84. The predicted octanol–water partition coefficient (Wildman–Crippen LogP) is 1.63. The molecule has 0 radical (unpaired) electrons. The molecular weight excluding hydrogens is 240 g/mol. The average molecular weight is 272 g/mol. The Kier molecular flexibility index (Phi) is 7.91. The van der Waals surface area contributed by atoms with E-state index in [1.54, 1.807) is 0 Å². The lowest BCUT2D eigenvalue weighted by molar-refractivity contribution is -0.00292. The van der Waals surface area contributed by atoms with Crippen LogP contribution in [-0.2, 0) is 4.74 Å². The van der Waals surface area contributed by atoms with E-state index < -0.39 is 0 Å². The Hall–Kier alpha value is -0.160. The van der Waals surface area contributed by atoms with Crippen LogP contribution in [0.3, 0.4) is 0 Å². The molecule has 4 nitrogen and oxygen atoms in total. The van der Waals surface area contributed by atoms with Crippen molar-refractivity contribution < 1.29 is 9.84 Å². The summed E-state index contributed by atoms with van der Waals surface area (Å²) in [5.41, 5.74) is -0.147. The first kappa shape index (κ1) is 16.9. The van der Waals surface area contributed by atoms with E-state index in [1.165, 1.54) is 19.4 Å². The zero-order chi connectivity index (χ0) is 14.1. The number of nitrogens with zero attached hydrogens (tertiary/aromatic N) is 1. The van der Waals surface area contributed by atoms with Crippen LogP contribution in [0.15, 0.2) is 0 Å². The Bertz CT molecular complexity index is 238. The van der Waals surface area contributed by atoms with Crippen molar-refractivity contribution in [1.82, 2.24) is 10.2 Å². The van der Waals surface area contributed by atoms with E-state index in [-0.39, 0.29) is 12.1 Å². The summed E-state index contributed by atoms with van der Waals surface area (Å²) in [7, 11) is 0. The Balaban J connectivity index is 2.31. The van der Waals surface area contributed by atoms with Crippen molar-refractivity contribution in [2.75, 3.05) is 39.4 Å². The number of aliphatic hydroxyl groups excluding tert-OH is 1. The van der Waals surface area contributed by atoms with Gasteiger partial charge in [-0.1, -0.05) is 13.8 Å². The molecule has 2 N–H and O–H groups in total. The monoisotopic (exact) mass is 272 g/mol. The van der Waals surface area contributed by atoms with E-state index in [1.807, 2.05) is 0 Å². The molecule has 1 heterocycles. The second-order valence-corrected chi connectivity index (χ2v) is 5.93. The van der Waals surface area contributed by atoms with Gasteiger partial charge in [0.2, 0.25) is 0 Å². The van der Waals surface area contributed by atoms with Crippen molar-refractivity contribution in [3.8, 4) is 0 Å². The minimum Gasteiger partial charge on any atom is -0.394 e. The first-order chi connectivity index (χ1) is 9.13. The quantitative estimate of drug-likeness (QED) is 0.669. The van der Waals surface area contributed by atoms with Gasteiger partial charge >= 0.3 is 0 Å². The van der Waals surface area contributed by atoms with Crippen molar-refractivity contribution in [2.24, 2.45) is 0 Å². The van der Waals surface area contributed by atoms with Crippen molar-refractivity contribution in [3.63, 3.8) is 0 Å². The van der Waals surface area contributed by atoms with Gasteiger partial charge in [0.05, 0.1) is 12.7 Å². The molecule has 0 aromatic heterocycles. The number of hydrogen-bond acceptors (Lipinski definition) is 4. The molecule has 1 rings (SSSR count). The standard InChI is InChI=1S/C15H32N2O2/c1-4-11-19-14-7-6-9-17(12-14)10-8-15(3,13-18)16-5-2/h14,16,18H,4-13H2,1-3H3. The van der Waals surface area contributed by atoms with Gasteiger partial charge in [-0.3, -0.25) is 0 Å². The van der Waals surface area contributed by atoms with E-state index in [9.17, 15) is 5.11 Å². The van der Waals surface area contributed by atoms with E-state index in [0.717, 1.165) is 39.1 Å². The second kappa shape index (κ2) is 8.90. The van der Waals surface area contributed by atoms with Crippen LogP contribution in [0.4, 0.5) is 0 Å². The van der Waals surface area contributed by atoms with Crippen LogP contribution in [0.2, 0.25) is 0 Å². The summed E-state index contributed by atoms with van der Waals surface area (Å²) in [5, 5.41) is 12.9. The summed E-state index contributed by atoms with van der Waals surface area (Å²) in [5.74, 6) is 0. The average Bonchev–Trinajstić information content (AvgIpc) is 2.44. The number of nitrogens with one attached hydrogen (secondary N) is 1. The van der Waals surface area contributed by atoms with Crippen molar-refractivity contribution in [2.45, 2.75) is 58.1 Å². The molecule has 0 spiro atoms. The molecule has 1 saturated heterocycles. The zero-order valence-electron chi connectivity index (χ0n) is 13.0. The lowest BCUT2D eigenvalue weighted by Gasteiger charge is -2.36. The lowest BCUT2D eigenvalue weighted by Crippen LogP contribution is -2.49. The van der Waals surface area contributed by atoms with Crippen molar-refractivity contribution in [1.29, 1.82) is 0 Å². The maximum Gasteiger partial charge on any atom is 0.0702 e. The van der Waals surface area contributed by atoms with Crippen LogP contribution >= 0.6 is 0 Å². The fraction of sp³-hybridized carbons (Fsp3) is 1.00. The van der Waals surface area contributed by atoms with Crippen LogP contribution in [0.1, 0.15) is 46.5 Å². The van der Waals surface area contributed by atoms with Gasteiger partial charge in [0, 0.05) is 25.2 Å². The Labute approximate surface area is 118 Å². The van der Waals surface area contributed by atoms with Crippen LogP contribution in [0.5, 0.6) is 0 Å². The van der Waals surface area contributed by atoms with E-state index in [0.29, 0.717) is 6.10 Å². The molecule has 19 heavy (non-hydrogen) atoms. The number of likely N-dealkylation sites (N-methyl/N-ethyl adjacent to an activating group) is 1. The van der Waals surface area contributed by atoms with Gasteiger partial charge in [-0.15, -0.1) is 0 Å². The largest absolute Gasteiger partial charge is 0.394 e. The topological polar surface area (TPSA) is 44.7 Å². The Morgan fingerprint density at radius 2 is 2.21 bits per heavy atom. The molecule has 0 aliphatic carbocycles. The summed E-state index contributed by atoms with van der Waals surface area (Å²) >= 11 is 0. The second-order valence-electron chi connectivity index (χ2n) is 5.93. The molecule has 4 heteroatoms. The summed E-state index contributed by atoms with van der Waals surface area (Å²) in [6.45, 7) is 11.6. The highest BCUT2D eigenvalue weighted by Gasteiger charge is 2.25. The van der Waals surface area contributed by atoms with Gasteiger partial charge in [-0.05, 0) is 45.7 Å². The Morgan fingerprint density at radius 3 is 2.84 bits per heavy atom. The highest BCUT2D eigenvalue weighted by Crippen LogP contribution is 2.16. The van der Waals surface area contributed by atoms with Gasteiger partial charge < -0.3 is 20.1 Å². The van der Waals surface area contributed by atoms with Gasteiger partial charge in [-0.25, -0.2) is 0 Å². The van der Waals surface area contributed by atoms with Gasteiger partial charge in [-0.2, -0.15) is 0 Å². The van der Waals surface area contributed by atoms with Crippen molar-refractivity contribution in [3.05, 3.63) is 0 Å². The number of aliphatic hydroxyl groups is 1. The molecule has 0 saturated carbocycles. The normalized spacial score (nSPS) is 24.3. The summed E-state index contributed by atoms with van der Waals surface area (Å²) in [6.07, 6.45) is 4.91. The third-order valence-electron chi connectivity index (χ3n) is 3.95. The minimum absolute atomic E-state index is 0.147. The summed E-state index contributed by atoms with van der Waals surface area (Å²) in [4.78, 5) is 2.48. The predicted molar refractivity (Wildman–Crippen MR) is 79.5 cm³/mol. The first-order valence-corrected chi connectivity index (χ1v) is 7.83. The number of hydrogen-bond donors (Lipinski definition) is 2. The SMILES string of the molecule is CCCOC1CCCN(CCC(C)(CO)NCC)C1. The maximum atomic E-state index is 9.51. The van der Waals surface area contributed by atoms with Gasteiger partial charge in [0.25, 0.3) is 0 Å². The lowest BCUT2D eigenvalue weighted by atomic mass is 9.97. The molecule has 2 atom stereocenters. The molecule has 0 aromatic rings. The smallest absolute Gasteiger partial charge is 0.0702 e. The molecule has 1 aliphatic heterocycles. The minimum atomic E-state index is -0.147. The van der Waals surface area contributed by atoms with E-state index in [2.05, 4.69) is 31.0 Å². The van der Waals surface area contributed by atoms with Crippen LogP contribution in [0, 0.1) is 0 Å². The molecule has 2 unspecified atom stereocenters. The number of likely N-dealkylation sites (tertiary alicyclic amines) is 1. The van der Waals surface area contributed by atoms with E-state index >= 15 is 0 Å². The first-order valence-electron chi connectivity index (χ1n) is 7.83. The highest BCUT2D eigenvalue weighted by atomic mass is 16.5. The number of piperidine rings is 1.